The summed E-state index contributed by atoms with van der Waals surface area (Å²) in [6.45, 7) is 5.00. The van der Waals surface area contributed by atoms with Gasteiger partial charge in [-0.3, -0.25) is 15.0 Å². The first kappa shape index (κ1) is 24.9. The SMILES string of the molecule is Cc1ccccc1CN1CCN(S(=O)(=O)c2ccc([N+](=O)[O-])cc2)CC1.O=C(O)C(=O)O. The van der Waals surface area contributed by atoms with Crippen molar-refractivity contribution in [1.29, 1.82) is 0 Å². The highest BCUT2D eigenvalue weighted by atomic mass is 32.2. The first-order valence-electron chi connectivity index (χ1n) is 9.50. The number of nitro benzene ring substituents is 1. The summed E-state index contributed by atoms with van der Waals surface area (Å²) in [6, 6.07) is 13.2. The summed E-state index contributed by atoms with van der Waals surface area (Å²) in [5.41, 5.74) is 2.36. The third-order valence-electron chi connectivity index (χ3n) is 4.85. The van der Waals surface area contributed by atoms with Gasteiger partial charge in [0.15, 0.2) is 0 Å². The van der Waals surface area contributed by atoms with Crippen molar-refractivity contribution >= 4 is 27.6 Å². The molecule has 0 saturated carbocycles. The van der Waals surface area contributed by atoms with Crippen LogP contribution in [0, 0.1) is 17.0 Å². The van der Waals surface area contributed by atoms with E-state index in [2.05, 4.69) is 24.0 Å². The Hall–Kier alpha value is -3.35. The third-order valence-corrected chi connectivity index (χ3v) is 6.77. The molecule has 0 amide bonds. The van der Waals surface area contributed by atoms with Gasteiger partial charge < -0.3 is 10.2 Å². The van der Waals surface area contributed by atoms with Gasteiger partial charge in [-0.2, -0.15) is 4.31 Å². The Kier molecular flexibility index (Phi) is 8.41. The Balaban J connectivity index is 0.000000534. The van der Waals surface area contributed by atoms with Crippen molar-refractivity contribution in [2.75, 3.05) is 26.2 Å². The van der Waals surface area contributed by atoms with Crippen molar-refractivity contribution in [3.63, 3.8) is 0 Å². The number of nitro groups is 1. The van der Waals surface area contributed by atoms with Crippen molar-refractivity contribution in [2.45, 2.75) is 18.4 Å². The normalized spacial score (nSPS) is 14.8. The highest BCUT2D eigenvalue weighted by Gasteiger charge is 2.28. The van der Waals surface area contributed by atoms with E-state index in [0.29, 0.717) is 26.2 Å². The van der Waals surface area contributed by atoms with Gasteiger partial charge in [-0.15, -0.1) is 0 Å². The molecule has 1 fully saturated rings. The van der Waals surface area contributed by atoms with E-state index in [0.717, 1.165) is 6.54 Å². The lowest BCUT2D eigenvalue weighted by Crippen LogP contribution is -2.48. The average Bonchev–Trinajstić information content (AvgIpc) is 2.76. The highest BCUT2D eigenvalue weighted by Crippen LogP contribution is 2.21. The van der Waals surface area contributed by atoms with Gasteiger partial charge in [0.2, 0.25) is 10.0 Å². The minimum Gasteiger partial charge on any atom is -0.473 e. The summed E-state index contributed by atoms with van der Waals surface area (Å²) < 4.78 is 26.9. The van der Waals surface area contributed by atoms with Crippen LogP contribution in [-0.4, -0.2) is 70.9 Å². The molecule has 11 nitrogen and oxygen atoms in total. The third kappa shape index (κ3) is 6.57. The van der Waals surface area contributed by atoms with E-state index in [9.17, 15) is 18.5 Å². The van der Waals surface area contributed by atoms with Crippen LogP contribution in [0.4, 0.5) is 5.69 Å². The number of benzene rings is 2. The molecule has 3 rings (SSSR count). The maximum Gasteiger partial charge on any atom is 0.414 e. The predicted octanol–water partition coefficient (Wildman–Crippen LogP) is 1.57. The Morgan fingerprint density at radius 2 is 1.50 bits per heavy atom. The molecule has 1 saturated heterocycles. The molecule has 0 aliphatic carbocycles. The van der Waals surface area contributed by atoms with Gasteiger partial charge in [0.05, 0.1) is 9.82 Å². The summed E-state index contributed by atoms with van der Waals surface area (Å²) in [4.78, 5) is 30.7. The maximum absolute atomic E-state index is 12.7. The average molecular weight is 465 g/mol. The van der Waals surface area contributed by atoms with Crippen LogP contribution in [-0.2, 0) is 26.2 Å². The zero-order valence-electron chi connectivity index (χ0n) is 17.2. The maximum atomic E-state index is 12.7. The number of piperazine rings is 1. The van der Waals surface area contributed by atoms with Crippen LogP contribution >= 0.6 is 0 Å². The lowest BCUT2D eigenvalue weighted by Gasteiger charge is -2.34. The lowest BCUT2D eigenvalue weighted by molar-refractivity contribution is -0.384. The van der Waals surface area contributed by atoms with Crippen molar-refractivity contribution in [3.8, 4) is 0 Å². The fraction of sp³-hybridized carbons (Fsp3) is 0.300. The molecule has 2 N–H and O–H groups in total. The monoisotopic (exact) mass is 465 g/mol. The van der Waals surface area contributed by atoms with Gasteiger partial charge in [0.1, 0.15) is 0 Å². The number of non-ortho nitro benzene ring substituents is 1. The van der Waals surface area contributed by atoms with E-state index in [4.69, 9.17) is 19.8 Å². The number of carboxylic acids is 2. The van der Waals surface area contributed by atoms with Gasteiger partial charge in [0.25, 0.3) is 5.69 Å². The van der Waals surface area contributed by atoms with E-state index in [-0.39, 0.29) is 10.6 Å². The van der Waals surface area contributed by atoms with E-state index >= 15 is 0 Å². The first-order chi connectivity index (χ1) is 15.0. The van der Waals surface area contributed by atoms with Crippen LogP contribution in [0.1, 0.15) is 11.1 Å². The molecular weight excluding hydrogens is 442 g/mol. The fourth-order valence-corrected chi connectivity index (χ4v) is 4.47. The number of sulfonamides is 1. The summed E-state index contributed by atoms with van der Waals surface area (Å²) in [7, 11) is -3.62. The smallest absolute Gasteiger partial charge is 0.414 e. The summed E-state index contributed by atoms with van der Waals surface area (Å²) in [6.07, 6.45) is 0. The Bertz CT molecular complexity index is 1070. The van der Waals surface area contributed by atoms with E-state index in [1.165, 1.54) is 39.7 Å². The second-order valence-corrected chi connectivity index (χ2v) is 8.91. The summed E-state index contributed by atoms with van der Waals surface area (Å²) >= 11 is 0. The zero-order chi connectivity index (χ0) is 23.9. The topological polar surface area (TPSA) is 158 Å². The Labute approximate surface area is 184 Å². The second kappa shape index (κ2) is 10.8. The quantitative estimate of drug-likeness (QED) is 0.380. The summed E-state index contributed by atoms with van der Waals surface area (Å²) in [5.74, 6) is -3.65. The van der Waals surface area contributed by atoms with Gasteiger partial charge in [-0.1, -0.05) is 24.3 Å². The standard InChI is InChI=1S/C18H21N3O4S.C2H2O4/c1-15-4-2-3-5-16(15)14-19-10-12-20(13-11-19)26(24,25)18-8-6-17(7-9-18)21(22)23;3-1(4)2(5)6/h2-9H,10-14H2,1H3;(H,3,4)(H,5,6). The Morgan fingerprint density at radius 1 is 0.969 bits per heavy atom. The molecule has 1 aliphatic rings. The molecule has 2 aromatic rings. The van der Waals surface area contributed by atoms with Crippen LogP contribution in [0.25, 0.3) is 0 Å². The van der Waals surface area contributed by atoms with Crippen LogP contribution in [0.5, 0.6) is 0 Å². The van der Waals surface area contributed by atoms with E-state index in [1.807, 2.05) is 12.1 Å². The van der Waals surface area contributed by atoms with Gasteiger partial charge in [-0.25, -0.2) is 18.0 Å². The van der Waals surface area contributed by atoms with Crippen molar-refractivity contribution < 1.29 is 33.1 Å². The predicted molar refractivity (Wildman–Crippen MR) is 114 cm³/mol. The summed E-state index contributed by atoms with van der Waals surface area (Å²) in [5, 5.41) is 25.5. The number of carboxylic acid groups (broad SMARTS) is 2. The molecule has 0 bridgehead atoms. The second-order valence-electron chi connectivity index (χ2n) is 6.97. The van der Waals surface area contributed by atoms with E-state index < -0.39 is 26.9 Å². The van der Waals surface area contributed by atoms with Crippen LogP contribution in [0.15, 0.2) is 53.4 Å². The molecule has 2 aromatic carbocycles. The van der Waals surface area contributed by atoms with Gasteiger partial charge >= 0.3 is 11.9 Å². The number of rotatable bonds is 5. The van der Waals surface area contributed by atoms with E-state index in [1.54, 1.807) is 0 Å². The number of hydrogen-bond donors (Lipinski definition) is 2. The molecule has 1 heterocycles. The minimum atomic E-state index is -3.62. The van der Waals surface area contributed by atoms with Crippen LogP contribution in [0.3, 0.4) is 0 Å². The number of nitrogens with zero attached hydrogens (tertiary/aromatic N) is 3. The highest BCUT2D eigenvalue weighted by molar-refractivity contribution is 7.89. The molecule has 1 aliphatic heterocycles. The number of carbonyl (C=O) groups is 2. The number of aliphatic carboxylic acids is 2. The zero-order valence-corrected chi connectivity index (χ0v) is 18.1. The first-order valence-corrected chi connectivity index (χ1v) is 10.9. The molecule has 172 valence electrons. The molecule has 0 radical (unpaired) electrons. The molecule has 12 heteroatoms. The van der Waals surface area contributed by atoms with Gasteiger partial charge in [-0.05, 0) is 30.2 Å². The van der Waals surface area contributed by atoms with Crippen LogP contribution in [0.2, 0.25) is 0 Å². The minimum absolute atomic E-state index is 0.0930. The molecule has 32 heavy (non-hydrogen) atoms. The number of hydrogen-bond acceptors (Lipinski definition) is 7. The van der Waals surface area contributed by atoms with Crippen molar-refractivity contribution in [3.05, 3.63) is 69.8 Å². The van der Waals surface area contributed by atoms with Crippen LogP contribution < -0.4 is 0 Å². The molecule has 0 spiro atoms. The van der Waals surface area contributed by atoms with Crippen molar-refractivity contribution in [1.82, 2.24) is 9.21 Å². The fourth-order valence-electron chi connectivity index (χ4n) is 3.05. The molecular formula is C20H23N3O8S. The van der Waals surface area contributed by atoms with Gasteiger partial charge in [0, 0.05) is 44.9 Å². The molecule has 0 atom stereocenters. The lowest BCUT2D eigenvalue weighted by atomic mass is 10.1. The molecule has 0 aromatic heterocycles. The molecule has 0 unspecified atom stereocenters. The largest absolute Gasteiger partial charge is 0.473 e. The Morgan fingerprint density at radius 3 is 1.97 bits per heavy atom. The number of aryl methyl sites for hydroxylation is 1. The van der Waals surface area contributed by atoms with Crippen molar-refractivity contribution in [2.24, 2.45) is 0 Å².